The SMILES string of the molecule is COc1cc(F)ccc1OC[C@@H]1C[C@H]1c1ccc(S(N)(=O)=O)cc1. The largest absolute Gasteiger partial charge is 0.493 e. The molecule has 128 valence electrons. The number of hydrogen-bond donors (Lipinski definition) is 1. The van der Waals surface area contributed by atoms with Crippen LogP contribution >= 0.6 is 0 Å². The normalized spacial score (nSPS) is 19.8. The highest BCUT2D eigenvalue weighted by Gasteiger charge is 2.39. The molecule has 0 amide bonds. The monoisotopic (exact) mass is 351 g/mol. The van der Waals surface area contributed by atoms with Crippen molar-refractivity contribution in [2.75, 3.05) is 13.7 Å². The number of primary sulfonamides is 1. The summed E-state index contributed by atoms with van der Waals surface area (Å²) in [6.45, 7) is 0.490. The molecule has 1 fully saturated rings. The molecule has 0 radical (unpaired) electrons. The van der Waals surface area contributed by atoms with E-state index in [1.54, 1.807) is 18.2 Å². The topological polar surface area (TPSA) is 78.6 Å². The van der Waals surface area contributed by atoms with Gasteiger partial charge in [-0.25, -0.2) is 17.9 Å². The number of benzene rings is 2. The van der Waals surface area contributed by atoms with Crippen LogP contribution in [0.15, 0.2) is 47.4 Å². The minimum atomic E-state index is -3.67. The van der Waals surface area contributed by atoms with Crippen LogP contribution in [0.4, 0.5) is 4.39 Å². The second-order valence-electron chi connectivity index (χ2n) is 5.82. The van der Waals surface area contributed by atoms with Gasteiger partial charge in [-0.05, 0) is 42.2 Å². The molecule has 1 saturated carbocycles. The number of halogens is 1. The first-order valence-electron chi connectivity index (χ1n) is 7.47. The fourth-order valence-electron chi connectivity index (χ4n) is 2.70. The summed E-state index contributed by atoms with van der Waals surface area (Å²) in [6, 6.07) is 10.8. The predicted molar refractivity (Wildman–Crippen MR) is 87.1 cm³/mol. The van der Waals surface area contributed by atoms with Crippen LogP contribution in [0, 0.1) is 11.7 Å². The summed E-state index contributed by atoms with van der Waals surface area (Å²) in [5.74, 6) is 1.16. The number of ether oxygens (including phenoxy) is 2. The zero-order chi connectivity index (χ0) is 17.3. The van der Waals surface area contributed by atoms with E-state index in [-0.39, 0.29) is 10.7 Å². The average molecular weight is 351 g/mol. The molecule has 2 N–H and O–H groups in total. The smallest absolute Gasteiger partial charge is 0.238 e. The van der Waals surface area contributed by atoms with Gasteiger partial charge in [0.2, 0.25) is 10.0 Å². The van der Waals surface area contributed by atoms with Gasteiger partial charge in [-0.2, -0.15) is 0 Å². The van der Waals surface area contributed by atoms with Gasteiger partial charge in [-0.3, -0.25) is 0 Å². The van der Waals surface area contributed by atoms with Gasteiger partial charge in [-0.1, -0.05) is 12.1 Å². The molecule has 2 atom stereocenters. The Labute approximate surface area is 140 Å². The average Bonchev–Trinajstić information content (AvgIpc) is 3.32. The lowest BCUT2D eigenvalue weighted by atomic mass is 10.1. The Hall–Kier alpha value is -2.12. The molecule has 0 saturated heterocycles. The molecule has 0 bridgehead atoms. The Bertz CT molecular complexity index is 836. The molecule has 5 nitrogen and oxygen atoms in total. The molecular formula is C17H18FNO4S. The molecule has 1 aliphatic rings. The summed E-state index contributed by atoms with van der Waals surface area (Å²) >= 11 is 0. The van der Waals surface area contributed by atoms with E-state index >= 15 is 0 Å². The molecule has 0 heterocycles. The molecular weight excluding hydrogens is 333 g/mol. The summed E-state index contributed by atoms with van der Waals surface area (Å²) in [7, 11) is -2.20. The van der Waals surface area contributed by atoms with Crippen LogP contribution < -0.4 is 14.6 Å². The van der Waals surface area contributed by atoms with Crippen LogP contribution in [0.1, 0.15) is 17.9 Å². The van der Waals surface area contributed by atoms with Crippen LogP contribution in [0.25, 0.3) is 0 Å². The van der Waals surface area contributed by atoms with Gasteiger partial charge in [0.15, 0.2) is 11.5 Å². The first kappa shape index (κ1) is 16.7. The van der Waals surface area contributed by atoms with E-state index < -0.39 is 10.0 Å². The van der Waals surface area contributed by atoms with Crippen LogP contribution in [0.5, 0.6) is 11.5 Å². The molecule has 1 aliphatic carbocycles. The second kappa shape index (κ2) is 6.41. The zero-order valence-electron chi connectivity index (χ0n) is 13.1. The Balaban J connectivity index is 1.60. The summed E-state index contributed by atoms with van der Waals surface area (Å²) in [4.78, 5) is 0.107. The van der Waals surface area contributed by atoms with E-state index in [0.717, 1.165) is 12.0 Å². The third kappa shape index (κ3) is 3.68. The van der Waals surface area contributed by atoms with E-state index in [0.29, 0.717) is 29.9 Å². The highest BCUT2D eigenvalue weighted by molar-refractivity contribution is 7.89. The Morgan fingerprint density at radius 2 is 1.88 bits per heavy atom. The molecule has 0 spiro atoms. The molecule has 3 rings (SSSR count). The van der Waals surface area contributed by atoms with Crippen molar-refractivity contribution in [2.45, 2.75) is 17.2 Å². The molecule has 0 aliphatic heterocycles. The van der Waals surface area contributed by atoms with Crippen molar-refractivity contribution in [1.82, 2.24) is 0 Å². The van der Waals surface area contributed by atoms with Gasteiger partial charge in [0.05, 0.1) is 18.6 Å². The Kier molecular flexibility index (Phi) is 4.47. The molecule has 7 heteroatoms. The summed E-state index contributed by atoms with van der Waals surface area (Å²) < 4.78 is 46.5. The van der Waals surface area contributed by atoms with E-state index in [1.165, 1.54) is 31.4 Å². The van der Waals surface area contributed by atoms with Gasteiger partial charge in [0.1, 0.15) is 5.82 Å². The van der Waals surface area contributed by atoms with Gasteiger partial charge in [0, 0.05) is 12.0 Å². The van der Waals surface area contributed by atoms with E-state index in [1.807, 2.05) is 0 Å². The fraction of sp³-hybridized carbons (Fsp3) is 0.294. The maximum Gasteiger partial charge on any atom is 0.238 e. The zero-order valence-corrected chi connectivity index (χ0v) is 13.9. The lowest BCUT2D eigenvalue weighted by Crippen LogP contribution is -2.11. The van der Waals surface area contributed by atoms with E-state index in [4.69, 9.17) is 14.6 Å². The molecule has 2 aromatic carbocycles. The lowest BCUT2D eigenvalue weighted by molar-refractivity contribution is 0.277. The van der Waals surface area contributed by atoms with Crippen molar-refractivity contribution in [1.29, 1.82) is 0 Å². The van der Waals surface area contributed by atoms with Gasteiger partial charge in [0.25, 0.3) is 0 Å². The van der Waals surface area contributed by atoms with Crippen LogP contribution in [-0.4, -0.2) is 22.1 Å². The van der Waals surface area contributed by atoms with Crippen LogP contribution in [-0.2, 0) is 10.0 Å². The van der Waals surface area contributed by atoms with Crippen molar-refractivity contribution in [3.8, 4) is 11.5 Å². The Morgan fingerprint density at radius 1 is 1.17 bits per heavy atom. The second-order valence-corrected chi connectivity index (χ2v) is 7.38. The first-order chi connectivity index (χ1) is 11.4. The quantitative estimate of drug-likeness (QED) is 0.868. The minimum absolute atomic E-state index is 0.107. The van der Waals surface area contributed by atoms with E-state index in [9.17, 15) is 12.8 Å². The van der Waals surface area contributed by atoms with Crippen molar-refractivity contribution in [3.63, 3.8) is 0 Å². The number of hydrogen-bond acceptors (Lipinski definition) is 4. The van der Waals surface area contributed by atoms with E-state index in [2.05, 4.69) is 0 Å². The number of nitrogens with two attached hydrogens (primary N) is 1. The molecule has 24 heavy (non-hydrogen) atoms. The highest BCUT2D eigenvalue weighted by atomic mass is 32.2. The summed E-state index contributed by atoms with van der Waals surface area (Å²) in [5.41, 5.74) is 1.06. The molecule has 0 aromatic heterocycles. The third-order valence-corrected chi connectivity index (χ3v) is 5.07. The standard InChI is InChI=1S/C17H18FNO4S/c1-22-17-9-13(18)4-7-16(17)23-10-12-8-15(12)11-2-5-14(6-3-11)24(19,20)21/h2-7,9,12,15H,8,10H2,1H3,(H2,19,20,21)/t12-,15-/m0/s1. The van der Waals surface area contributed by atoms with Crippen molar-refractivity contribution in [2.24, 2.45) is 11.1 Å². The first-order valence-corrected chi connectivity index (χ1v) is 9.02. The summed E-state index contributed by atoms with van der Waals surface area (Å²) in [5, 5.41) is 5.09. The van der Waals surface area contributed by atoms with Gasteiger partial charge < -0.3 is 9.47 Å². The summed E-state index contributed by atoms with van der Waals surface area (Å²) in [6.07, 6.45) is 0.957. The predicted octanol–water partition coefficient (Wildman–Crippen LogP) is 2.66. The number of rotatable bonds is 6. The maximum absolute atomic E-state index is 13.2. The number of methoxy groups -OCH3 is 1. The molecule has 2 aromatic rings. The number of sulfonamides is 1. The lowest BCUT2D eigenvalue weighted by Gasteiger charge is -2.10. The fourth-order valence-corrected chi connectivity index (χ4v) is 3.22. The Morgan fingerprint density at radius 3 is 2.50 bits per heavy atom. The van der Waals surface area contributed by atoms with Crippen LogP contribution in [0.3, 0.4) is 0 Å². The third-order valence-electron chi connectivity index (χ3n) is 4.14. The van der Waals surface area contributed by atoms with Crippen molar-refractivity contribution < 1.29 is 22.3 Å². The minimum Gasteiger partial charge on any atom is -0.493 e. The maximum atomic E-state index is 13.2. The van der Waals surface area contributed by atoms with Crippen molar-refractivity contribution in [3.05, 3.63) is 53.8 Å². The van der Waals surface area contributed by atoms with Gasteiger partial charge in [-0.15, -0.1) is 0 Å². The van der Waals surface area contributed by atoms with Gasteiger partial charge >= 0.3 is 0 Å². The van der Waals surface area contributed by atoms with Crippen LogP contribution in [0.2, 0.25) is 0 Å². The highest BCUT2D eigenvalue weighted by Crippen LogP contribution is 2.48. The van der Waals surface area contributed by atoms with Crippen molar-refractivity contribution >= 4 is 10.0 Å². The molecule has 0 unspecified atom stereocenters.